The van der Waals surface area contributed by atoms with Gasteiger partial charge in [-0.2, -0.15) is 15.4 Å². The van der Waals surface area contributed by atoms with Crippen molar-refractivity contribution in [2.24, 2.45) is 0 Å². The highest BCUT2D eigenvalue weighted by atomic mass is 15.3. The van der Waals surface area contributed by atoms with Gasteiger partial charge in [0.05, 0.1) is 17.9 Å². The van der Waals surface area contributed by atoms with Gasteiger partial charge in [0.1, 0.15) is 11.4 Å². The Balaban J connectivity index is 1.80. The van der Waals surface area contributed by atoms with E-state index in [1.807, 2.05) is 49.4 Å². The van der Waals surface area contributed by atoms with Crippen LogP contribution in [0.4, 0.5) is 5.69 Å². The molecule has 0 aliphatic heterocycles. The minimum Gasteiger partial charge on any atom is -0.378 e. The van der Waals surface area contributed by atoms with Crippen molar-refractivity contribution < 1.29 is 0 Å². The van der Waals surface area contributed by atoms with Gasteiger partial charge in [-0.15, -0.1) is 0 Å². The number of benzene rings is 1. The molecule has 3 rings (SSSR count). The van der Waals surface area contributed by atoms with Gasteiger partial charge < -0.3 is 5.32 Å². The minimum absolute atomic E-state index is 0.604. The Bertz CT molecular complexity index is 690. The maximum atomic E-state index is 4.25. The first-order chi connectivity index (χ1) is 9.84. The van der Waals surface area contributed by atoms with Gasteiger partial charge in [0.25, 0.3) is 0 Å². The molecule has 2 heterocycles. The number of anilines is 1. The van der Waals surface area contributed by atoms with Gasteiger partial charge in [0, 0.05) is 11.8 Å². The van der Waals surface area contributed by atoms with E-state index in [1.54, 1.807) is 6.20 Å². The molecular formula is C15H15N5. The molecule has 0 saturated heterocycles. The quantitative estimate of drug-likeness (QED) is 0.761. The fourth-order valence-corrected chi connectivity index (χ4v) is 2.05. The van der Waals surface area contributed by atoms with Crippen LogP contribution in [0.15, 0.2) is 48.7 Å². The molecule has 0 atom stereocenters. The minimum atomic E-state index is 0.604. The summed E-state index contributed by atoms with van der Waals surface area (Å²) in [5, 5.41) is 14.5. The number of aromatic amines is 1. The van der Waals surface area contributed by atoms with Crippen molar-refractivity contribution >= 4 is 5.69 Å². The average Bonchev–Trinajstić information content (AvgIpc) is 2.96. The van der Waals surface area contributed by atoms with Gasteiger partial charge >= 0.3 is 0 Å². The molecule has 0 unspecified atom stereocenters. The lowest BCUT2D eigenvalue weighted by Crippen LogP contribution is -2.03. The molecule has 0 fully saturated rings. The second-order valence-corrected chi connectivity index (χ2v) is 4.47. The van der Waals surface area contributed by atoms with Gasteiger partial charge in [-0.25, -0.2) is 0 Å². The highest BCUT2D eigenvalue weighted by Crippen LogP contribution is 2.20. The summed E-state index contributed by atoms with van der Waals surface area (Å²) >= 11 is 0. The van der Waals surface area contributed by atoms with Crippen LogP contribution >= 0.6 is 0 Å². The van der Waals surface area contributed by atoms with Crippen molar-refractivity contribution in [3.05, 3.63) is 60.0 Å². The summed E-state index contributed by atoms with van der Waals surface area (Å²) in [6.07, 6.45) is 1.78. The molecule has 1 aromatic carbocycles. The Morgan fingerprint density at radius 1 is 1.05 bits per heavy atom. The molecule has 2 N–H and O–H groups in total. The zero-order chi connectivity index (χ0) is 13.8. The lowest BCUT2D eigenvalue weighted by molar-refractivity contribution is 0.910. The molecule has 0 radical (unpaired) electrons. The summed E-state index contributed by atoms with van der Waals surface area (Å²) in [4.78, 5) is 4.25. The van der Waals surface area contributed by atoms with Crippen LogP contribution in [0.5, 0.6) is 0 Å². The summed E-state index contributed by atoms with van der Waals surface area (Å²) in [6, 6.07) is 13.9. The van der Waals surface area contributed by atoms with Crippen LogP contribution in [0.2, 0.25) is 0 Å². The molecule has 0 saturated carbocycles. The fourth-order valence-electron chi connectivity index (χ4n) is 2.05. The molecule has 0 bridgehead atoms. The number of nitrogens with zero attached hydrogens (tertiary/aromatic N) is 3. The number of aryl methyl sites for hydroxylation is 1. The van der Waals surface area contributed by atoms with E-state index in [2.05, 4.69) is 25.7 Å². The van der Waals surface area contributed by atoms with Crippen LogP contribution in [0.1, 0.15) is 11.4 Å². The smallest absolute Gasteiger partial charge is 0.117 e. The first-order valence-electron chi connectivity index (χ1n) is 6.45. The Labute approximate surface area is 117 Å². The van der Waals surface area contributed by atoms with E-state index in [0.717, 1.165) is 28.3 Å². The SMILES string of the molecule is Cc1ncccc1NCc1n[nH]nc1-c1ccccc1. The molecule has 0 aliphatic rings. The highest BCUT2D eigenvalue weighted by molar-refractivity contribution is 5.61. The van der Waals surface area contributed by atoms with Crippen molar-refractivity contribution in [2.75, 3.05) is 5.32 Å². The number of nitrogens with one attached hydrogen (secondary N) is 2. The first-order valence-corrected chi connectivity index (χ1v) is 6.45. The third kappa shape index (κ3) is 2.51. The predicted molar refractivity (Wildman–Crippen MR) is 78.1 cm³/mol. The molecule has 100 valence electrons. The Morgan fingerprint density at radius 2 is 1.90 bits per heavy atom. The molecule has 20 heavy (non-hydrogen) atoms. The van der Waals surface area contributed by atoms with E-state index >= 15 is 0 Å². The number of hydrogen-bond donors (Lipinski definition) is 2. The maximum Gasteiger partial charge on any atom is 0.117 e. The second-order valence-electron chi connectivity index (χ2n) is 4.47. The number of hydrogen-bond acceptors (Lipinski definition) is 4. The molecule has 0 aliphatic carbocycles. The van der Waals surface area contributed by atoms with Crippen LogP contribution in [0.25, 0.3) is 11.3 Å². The topological polar surface area (TPSA) is 66.5 Å². The third-order valence-corrected chi connectivity index (χ3v) is 3.12. The Morgan fingerprint density at radius 3 is 2.70 bits per heavy atom. The van der Waals surface area contributed by atoms with Crippen LogP contribution in [-0.4, -0.2) is 20.4 Å². The average molecular weight is 265 g/mol. The van der Waals surface area contributed by atoms with Crippen molar-refractivity contribution in [2.45, 2.75) is 13.5 Å². The lowest BCUT2D eigenvalue weighted by atomic mass is 10.1. The first kappa shape index (κ1) is 12.3. The number of rotatable bonds is 4. The van der Waals surface area contributed by atoms with Crippen LogP contribution in [-0.2, 0) is 6.54 Å². The van der Waals surface area contributed by atoms with Crippen molar-refractivity contribution in [3.8, 4) is 11.3 Å². The summed E-state index contributed by atoms with van der Waals surface area (Å²) < 4.78 is 0. The van der Waals surface area contributed by atoms with E-state index in [0.29, 0.717) is 6.54 Å². The Hall–Kier alpha value is -2.69. The summed E-state index contributed by atoms with van der Waals surface area (Å²) in [5.41, 5.74) is 4.80. The largest absolute Gasteiger partial charge is 0.378 e. The molecule has 0 spiro atoms. The summed E-state index contributed by atoms with van der Waals surface area (Å²) in [7, 11) is 0. The maximum absolute atomic E-state index is 4.25. The zero-order valence-corrected chi connectivity index (χ0v) is 11.2. The van der Waals surface area contributed by atoms with Gasteiger partial charge in [0.15, 0.2) is 0 Å². The van der Waals surface area contributed by atoms with E-state index in [1.165, 1.54) is 0 Å². The van der Waals surface area contributed by atoms with E-state index in [4.69, 9.17) is 0 Å². The van der Waals surface area contributed by atoms with E-state index < -0.39 is 0 Å². The van der Waals surface area contributed by atoms with Gasteiger partial charge in [0.2, 0.25) is 0 Å². The van der Waals surface area contributed by atoms with E-state index in [-0.39, 0.29) is 0 Å². The third-order valence-electron chi connectivity index (χ3n) is 3.12. The molecule has 2 aromatic heterocycles. The standard InChI is InChI=1S/C15H15N5/c1-11-13(8-5-9-16-11)17-10-14-15(19-20-18-14)12-6-3-2-4-7-12/h2-9,17H,10H2,1H3,(H,18,19,20). The van der Waals surface area contributed by atoms with Crippen molar-refractivity contribution in [3.63, 3.8) is 0 Å². The van der Waals surface area contributed by atoms with Gasteiger partial charge in [-0.3, -0.25) is 4.98 Å². The molecule has 5 heteroatoms. The number of H-pyrrole nitrogens is 1. The predicted octanol–water partition coefficient (Wildman–Crippen LogP) is 2.79. The highest BCUT2D eigenvalue weighted by Gasteiger charge is 2.10. The molecule has 0 amide bonds. The second kappa shape index (κ2) is 5.52. The normalized spacial score (nSPS) is 10.4. The number of pyridine rings is 1. The van der Waals surface area contributed by atoms with Gasteiger partial charge in [-0.1, -0.05) is 30.3 Å². The fraction of sp³-hybridized carbons (Fsp3) is 0.133. The van der Waals surface area contributed by atoms with Crippen LogP contribution in [0.3, 0.4) is 0 Å². The van der Waals surface area contributed by atoms with Crippen LogP contribution < -0.4 is 5.32 Å². The lowest BCUT2D eigenvalue weighted by Gasteiger charge is -2.07. The summed E-state index contributed by atoms with van der Waals surface area (Å²) in [5.74, 6) is 0. The molecule has 5 nitrogen and oxygen atoms in total. The van der Waals surface area contributed by atoms with Crippen molar-refractivity contribution in [1.29, 1.82) is 0 Å². The summed E-state index contributed by atoms with van der Waals surface area (Å²) in [6.45, 7) is 2.58. The van der Waals surface area contributed by atoms with Crippen LogP contribution in [0, 0.1) is 6.92 Å². The van der Waals surface area contributed by atoms with Gasteiger partial charge in [-0.05, 0) is 19.1 Å². The van der Waals surface area contributed by atoms with E-state index in [9.17, 15) is 0 Å². The monoisotopic (exact) mass is 265 g/mol. The molecule has 3 aromatic rings. The zero-order valence-electron chi connectivity index (χ0n) is 11.2. The Kier molecular flexibility index (Phi) is 3.41. The van der Waals surface area contributed by atoms with Crippen molar-refractivity contribution in [1.82, 2.24) is 20.4 Å². The molecular weight excluding hydrogens is 250 g/mol. The number of aromatic nitrogens is 4.